The van der Waals surface area contributed by atoms with Gasteiger partial charge in [-0.15, -0.1) is 0 Å². The molecule has 0 radical (unpaired) electrons. The highest BCUT2D eigenvalue weighted by Gasteiger charge is 2.03. The minimum atomic E-state index is 0.746. The molecule has 0 aliphatic carbocycles. The van der Waals surface area contributed by atoms with Crippen LogP contribution in [-0.2, 0) is 6.42 Å². The van der Waals surface area contributed by atoms with Crippen molar-refractivity contribution in [2.75, 3.05) is 18.3 Å². The number of hydrogen-bond acceptors (Lipinski definition) is 4. The van der Waals surface area contributed by atoms with Crippen molar-refractivity contribution >= 4 is 11.4 Å². The molecule has 0 amide bonds. The molecule has 2 aromatic rings. The molecular weight excluding hydrogens is 226 g/mol. The molecule has 4 nitrogen and oxygen atoms in total. The summed E-state index contributed by atoms with van der Waals surface area (Å²) >= 11 is 0. The summed E-state index contributed by atoms with van der Waals surface area (Å²) in [5.41, 5.74) is 12.5. The summed E-state index contributed by atoms with van der Waals surface area (Å²) < 4.78 is 5.13. The molecule has 2 rings (SSSR count). The lowest BCUT2D eigenvalue weighted by Crippen LogP contribution is -2.06. The molecule has 0 aliphatic heterocycles. The Balaban J connectivity index is 2.17. The first-order valence-corrected chi connectivity index (χ1v) is 5.71. The summed E-state index contributed by atoms with van der Waals surface area (Å²) in [6, 6.07) is 13.7. The van der Waals surface area contributed by atoms with Crippen LogP contribution >= 0.6 is 0 Å². The van der Waals surface area contributed by atoms with Gasteiger partial charge in [0.2, 0.25) is 0 Å². The lowest BCUT2D eigenvalue weighted by atomic mass is 10.0. The van der Waals surface area contributed by atoms with Gasteiger partial charge in [0.1, 0.15) is 5.75 Å². The van der Waals surface area contributed by atoms with Gasteiger partial charge in [0.15, 0.2) is 0 Å². The number of ether oxygens (including phenoxy) is 1. The van der Waals surface area contributed by atoms with Crippen molar-refractivity contribution in [1.82, 2.24) is 0 Å². The summed E-state index contributed by atoms with van der Waals surface area (Å²) in [7, 11) is 1.63. The van der Waals surface area contributed by atoms with Gasteiger partial charge in [-0.3, -0.25) is 5.84 Å². The van der Waals surface area contributed by atoms with Crippen LogP contribution in [0.3, 0.4) is 0 Å². The summed E-state index contributed by atoms with van der Waals surface area (Å²) in [5.74, 6) is 6.10. The van der Waals surface area contributed by atoms with Crippen molar-refractivity contribution in [3.05, 3.63) is 53.6 Å². The minimum absolute atomic E-state index is 0.746. The monoisotopic (exact) mass is 243 g/mol. The molecule has 0 saturated heterocycles. The van der Waals surface area contributed by atoms with E-state index in [1.54, 1.807) is 7.11 Å². The molecule has 5 N–H and O–H groups in total. The zero-order valence-electron chi connectivity index (χ0n) is 10.3. The Hall–Kier alpha value is -2.20. The Bertz CT molecular complexity index is 523. The number of benzene rings is 2. The van der Waals surface area contributed by atoms with Gasteiger partial charge in [-0.25, -0.2) is 0 Å². The first kappa shape index (κ1) is 12.3. The second kappa shape index (κ2) is 5.42. The van der Waals surface area contributed by atoms with Gasteiger partial charge in [0.25, 0.3) is 0 Å². The number of hydrazine groups is 1. The second-order valence-corrected chi connectivity index (χ2v) is 4.08. The number of nitrogen functional groups attached to an aromatic ring is 2. The first-order valence-electron chi connectivity index (χ1n) is 5.71. The molecule has 0 fully saturated rings. The normalized spacial score (nSPS) is 10.1. The van der Waals surface area contributed by atoms with E-state index in [1.807, 2.05) is 42.5 Å². The molecule has 0 spiro atoms. The molecule has 94 valence electrons. The van der Waals surface area contributed by atoms with Gasteiger partial charge >= 0.3 is 0 Å². The third-order valence-electron chi connectivity index (χ3n) is 2.87. The van der Waals surface area contributed by atoms with E-state index in [9.17, 15) is 0 Å². The van der Waals surface area contributed by atoms with E-state index in [2.05, 4.69) is 5.43 Å². The number of rotatable bonds is 4. The van der Waals surface area contributed by atoms with Crippen LogP contribution < -0.4 is 21.7 Å². The van der Waals surface area contributed by atoms with Crippen molar-refractivity contribution in [2.45, 2.75) is 6.42 Å². The van der Waals surface area contributed by atoms with E-state index in [0.29, 0.717) is 0 Å². The quantitative estimate of drug-likeness (QED) is 0.437. The predicted octanol–water partition coefficient (Wildman–Crippen LogP) is 2.15. The van der Waals surface area contributed by atoms with Gasteiger partial charge in [0.05, 0.1) is 7.11 Å². The minimum Gasteiger partial charge on any atom is -0.497 e. The Labute approximate surface area is 107 Å². The average Bonchev–Trinajstić information content (AvgIpc) is 2.42. The van der Waals surface area contributed by atoms with Gasteiger partial charge < -0.3 is 15.9 Å². The van der Waals surface area contributed by atoms with Gasteiger partial charge in [0, 0.05) is 17.4 Å². The largest absolute Gasteiger partial charge is 0.497 e. The number of methoxy groups -OCH3 is 1. The molecule has 0 aromatic heterocycles. The molecule has 0 unspecified atom stereocenters. The summed E-state index contributed by atoms with van der Waals surface area (Å²) in [6.07, 6.45) is 0.792. The zero-order chi connectivity index (χ0) is 13.0. The SMILES string of the molecule is COc1ccc(Cc2ccc(NN)cc2)c(N)c1. The van der Waals surface area contributed by atoms with Gasteiger partial charge in [-0.05, 0) is 35.7 Å². The van der Waals surface area contributed by atoms with Crippen LogP contribution in [0.5, 0.6) is 5.75 Å². The van der Waals surface area contributed by atoms with E-state index in [4.69, 9.17) is 16.3 Å². The van der Waals surface area contributed by atoms with Crippen molar-refractivity contribution in [3.63, 3.8) is 0 Å². The van der Waals surface area contributed by atoms with E-state index in [0.717, 1.165) is 29.1 Å². The first-order chi connectivity index (χ1) is 8.72. The van der Waals surface area contributed by atoms with Crippen molar-refractivity contribution in [3.8, 4) is 5.75 Å². The standard InChI is InChI=1S/C14H17N3O/c1-18-13-7-4-11(14(15)9-13)8-10-2-5-12(17-16)6-3-10/h2-7,9,17H,8,15-16H2,1H3. The smallest absolute Gasteiger partial charge is 0.120 e. The maximum Gasteiger partial charge on any atom is 0.120 e. The molecule has 0 heterocycles. The lowest BCUT2D eigenvalue weighted by Gasteiger charge is -2.08. The summed E-state index contributed by atoms with van der Waals surface area (Å²) in [4.78, 5) is 0. The maximum absolute atomic E-state index is 5.99. The fourth-order valence-corrected chi connectivity index (χ4v) is 1.80. The molecule has 2 aromatic carbocycles. The van der Waals surface area contributed by atoms with Crippen LogP contribution in [0.25, 0.3) is 0 Å². The van der Waals surface area contributed by atoms with Crippen LogP contribution in [0.2, 0.25) is 0 Å². The molecular formula is C14H17N3O. The third-order valence-corrected chi connectivity index (χ3v) is 2.87. The second-order valence-electron chi connectivity index (χ2n) is 4.08. The van der Waals surface area contributed by atoms with Crippen LogP contribution in [0.1, 0.15) is 11.1 Å². The predicted molar refractivity (Wildman–Crippen MR) is 74.5 cm³/mol. The third kappa shape index (κ3) is 2.73. The molecule has 0 saturated carbocycles. The molecule has 0 atom stereocenters. The fraction of sp³-hybridized carbons (Fsp3) is 0.143. The van der Waals surface area contributed by atoms with E-state index < -0.39 is 0 Å². The molecule has 0 bridgehead atoms. The Kier molecular flexibility index (Phi) is 3.69. The van der Waals surface area contributed by atoms with E-state index >= 15 is 0 Å². The molecule has 18 heavy (non-hydrogen) atoms. The highest BCUT2D eigenvalue weighted by molar-refractivity contribution is 5.53. The van der Waals surface area contributed by atoms with E-state index in [-0.39, 0.29) is 0 Å². The maximum atomic E-state index is 5.99. The number of anilines is 2. The highest BCUT2D eigenvalue weighted by Crippen LogP contribution is 2.22. The topological polar surface area (TPSA) is 73.3 Å². The van der Waals surface area contributed by atoms with Crippen molar-refractivity contribution in [2.24, 2.45) is 5.84 Å². The summed E-state index contributed by atoms with van der Waals surface area (Å²) in [5, 5.41) is 0. The van der Waals surface area contributed by atoms with E-state index in [1.165, 1.54) is 5.56 Å². The zero-order valence-corrected chi connectivity index (χ0v) is 10.3. The van der Waals surface area contributed by atoms with Gasteiger partial charge in [-0.1, -0.05) is 18.2 Å². The molecule has 4 heteroatoms. The fourth-order valence-electron chi connectivity index (χ4n) is 1.80. The highest BCUT2D eigenvalue weighted by atomic mass is 16.5. The van der Waals surface area contributed by atoms with Crippen LogP contribution in [-0.4, -0.2) is 7.11 Å². The number of nitrogens with two attached hydrogens (primary N) is 2. The average molecular weight is 243 g/mol. The van der Waals surface area contributed by atoms with Gasteiger partial charge in [-0.2, -0.15) is 0 Å². The van der Waals surface area contributed by atoms with Crippen molar-refractivity contribution in [1.29, 1.82) is 0 Å². The number of hydrogen-bond donors (Lipinski definition) is 3. The lowest BCUT2D eigenvalue weighted by molar-refractivity contribution is 0.415. The van der Waals surface area contributed by atoms with Crippen molar-refractivity contribution < 1.29 is 4.74 Å². The summed E-state index contributed by atoms with van der Waals surface area (Å²) in [6.45, 7) is 0. The Morgan fingerprint density at radius 1 is 1.11 bits per heavy atom. The Morgan fingerprint density at radius 3 is 2.39 bits per heavy atom. The van der Waals surface area contributed by atoms with Crippen LogP contribution in [0.4, 0.5) is 11.4 Å². The van der Waals surface area contributed by atoms with Crippen LogP contribution in [0, 0.1) is 0 Å². The van der Waals surface area contributed by atoms with Crippen LogP contribution in [0.15, 0.2) is 42.5 Å². The molecule has 0 aliphatic rings. The number of nitrogens with one attached hydrogen (secondary N) is 1. The Morgan fingerprint density at radius 2 is 1.83 bits per heavy atom.